The molecule has 23 heavy (non-hydrogen) atoms. The summed E-state index contributed by atoms with van der Waals surface area (Å²) in [6.45, 7) is 0.658. The fourth-order valence-electron chi connectivity index (χ4n) is 2.69. The number of aliphatic imine (C=N–C) groups is 1. The fourth-order valence-corrected chi connectivity index (χ4v) is 3.46. The molecule has 0 spiro atoms. The van der Waals surface area contributed by atoms with E-state index in [1.807, 2.05) is 24.3 Å². The van der Waals surface area contributed by atoms with Crippen LogP contribution in [0.2, 0.25) is 0 Å². The van der Waals surface area contributed by atoms with E-state index in [9.17, 15) is 8.42 Å². The van der Waals surface area contributed by atoms with Crippen molar-refractivity contribution in [3.05, 3.63) is 35.4 Å². The molecule has 0 atom stereocenters. The Bertz CT molecular complexity index is 620. The number of hydrogen-bond donors (Lipinski definition) is 3. The van der Waals surface area contributed by atoms with Gasteiger partial charge in [0, 0.05) is 19.6 Å². The third-order valence-electron chi connectivity index (χ3n) is 4.07. The van der Waals surface area contributed by atoms with Crippen molar-refractivity contribution in [2.75, 3.05) is 14.1 Å². The summed E-state index contributed by atoms with van der Waals surface area (Å²) in [4.78, 5) is 4.25. The van der Waals surface area contributed by atoms with E-state index >= 15 is 0 Å². The average Bonchev–Trinajstić information content (AvgIpc) is 3.05. The average molecular weight is 338 g/mol. The number of nitrogens with one attached hydrogen (secondary N) is 3. The topological polar surface area (TPSA) is 82.6 Å². The van der Waals surface area contributed by atoms with E-state index in [2.05, 4.69) is 20.3 Å². The number of nitrogens with zero attached hydrogens (tertiary/aromatic N) is 1. The summed E-state index contributed by atoms with van der Waals surface area (Å²) in [6.07, 6.45) is 4.97. The van der Waals surface area contributed by atoms with E-state index in [0.29, 0.717) is 12.6 Å². The first-order valence-corrected chi connectivity index (χ1v) is 9.64. The van der Waals surface area contributed by atoms with Gasteiger partial charge < -0.3 is 10.6 Å². The third kappa shape index (κ3) is 5.84. The number of benzene rings is 1. The van der Waals surface area contributed by atoms with Gasteiger partial charge in [-0.25, -0.2) is 13.1 Å². The Morgan fingerprint density at radius 2 is 1.78 bits per heavy atom. The van der Waals surface area contributed by atoms with Gasteiger partial charge in [-0.3, -0.25) is 4.99 Å². The van der Waals surface area contributed by atoms with Gasteiger partial charge in [-0.2, -0.15) is 0 Å². The lowest BCUT2D eigenvalue weighted by atomic mass is 10.1. The van der Waals surface area contributed by atoms with Crippen LogP contribution in [0.25, 0.3) is 0 Å². The molecule has 1 aromatic carbocycles. The fraction of sp³-hybridized carbons (Fsp3) is 0.562. The Labute approximate surface area is 138 Å². The summed E-state index contributed by atoms with van der Waals surface area (Å²) in [7, 11) is -0.0223. The molecular weight excluding hydrogens is 312 g/mol. The Morgan fingerprint density at radius 1 is 1.17 bits per heavy atom. The second-order valence-electron chi connectivity index (χ2n) is 5.83. The Kier molecular flexibility index (Phi) is 6.41. The van der Waals surface area contributed by atoms with Crippen LogP contribution < -0.4 is 15.4 Å². The van der Waals surface area contributed by atoms with E-state index in [0.717, 1.165) is 17.1 Å². The van der Waals surface area contributed by atoms with Gasteiger partial charge in [0.2, 0.25) is 10.0 Å². The standard InChI is InChI=1S/C16H26N4O2S/c1-17-16(20-15-5-3-4-6-15)19-11-13-7-9-14(10-8-13)12-23(21,22)18-2/h7-10,15,18H,3-6,11-12H2,1-2H3,(H2,17,19,20). The van der Waals surface area contributed by atoms with Crippen LogP contribution in [0.15, 0.2) is 29.3 Å². The Balaban J connectivity index is 1.85. The second-order valence-corrected chi connectivity index (χ2v) is 7.76. The van der Waals surface area contributed by atoms with Crippen LogP contribution in [0.3, 0.4) is 0 Å². The third-order valence-corrected chi connectivity index (χ3v) is 5.41. The summed E-state index contributed by atoms with van der Waals surface area (Å²) in [6, 6.07) is 8.10. The van der Waals surface area contributed by atoms with Crippen LogP contribution in [-0.4, -0.2) is 34.5 Å². The van der Waals surface area contributed by atoms with Crippen molar-refractivity contribution in [2.45, 2.75) is 44.0 Å². The van der Waals surface area contributed by atoms with E-state index < -0.39 is 10.0 Å². The maximum Gasteiger partial charge on any atom is 0.215 e. The second kappa shape index (κ2) is 8.31. The molecule has 128 valence electrons. The van der Waals surface area contributed by atoms with Gasteiger partial charge in [-0.05, 0) is 31.0 Å². The van der Waals surface area contributed by atoms with E-state index in [-0.39, 0.29) is 5.75 Å². The molecule has 1 saturated carbocycles. The van der Waals surface area contributed by atoms with Crippen molar-refractivity contribution in [1.82, 2.24) is 15.4 Å². The van der Waals surface area contributed by atoms with Crippen molar-refractivity contribution in [3.63, 3.8) is 0 Å². The molecule has 1 aromatic rings. The minimum absolute atomic E-state index is 0.00210. The molecule has 7 heteroatoms. The molecule has 1 aliphatic rings. The van der Waals surface area contributed by atoms with Gasteiger partial charge in [0.05, 0.1) is 5.75 Å². The normalized spacial score (nSPS) is 16.5. The van der Waals surface area contributed by atoms with Gasteiger partial charge >= 0.3 is 0 Å². The van der Waals surface area contributed by atoms with Crippen molar-refractivity contribution < 1.29 is 8.42 Å². The first kappa shape index (κ1) is 17.7. The van der Waals surface area contributed by atoms with Gasteiger partial charge in [0.25, 0.3) is 0 Å². The molecule has 6 nitrogen and oxygen atoms in total. The maximum absolute atomic E-state index is 11.5. The Morgan fingerprint density at radius 3 is 2.35 bits per heavy atom. The molecule has 0 saturated heterocycles. The van der Waals surface area contributed by atoms with Crippen LogP contribution in [0.5, 0.6) is 0 Å². The highest BCUT2D eigenvalue weighted by atomic mass is 32.2. The molecular formula is C16H26N4O2S. The van der Waals surface area contributed by atoms with E-state index in [1.54, 1.807) is 7.05 Å². The maximum atomic E-state index is 11.5. The SMILES string of the molecule is CN=C(NCc1ccc(CS(=O)(=O)NC)cc1)NC1CCCC1. The highest BCUT2D eigenvalue weighted by molar-refractivity contribution is 7.88. The van der Waals surface area contributed by atoms with Gasteiger partial charge in [-0.15, -0.1) is 0 Å². The Hall–Kier alpha value is -1.60. The molecule has 0 bridgehead atoms. The van der Waals surface area contributed by atoms with Gasteiger partial charge in [0.15, 0.2) is 5.96 Å². The molecule has 2 rings (SSSR count). The summed E-state index contributed by atoms with van der Waals surface area (Å²) >= 11 is 0. The first-order valence-electron chi connectivity index (χ1n) is 7.98. The molecule has 0 aromatic heterocycles. The van der Waals surface area contributed by atoms with Crippen molar-refractivity contribution in [2.24, 2.45) is 4.99 Å². The van der Waals surface area contributed by atoms with Crippen molar-refractivity contribution >= 4 is 16.0 Å². The van der Waals surface area contributed by atoms with E-state index in [4.69, 9.17) is 0 Å². The zero-order chi connectivity index (χ0) is 16.7. The number of rotatable bonds is 6. The van der Waals surface area contributed by atoms with Crippen molar-refractivity contribution in [3.8, 4) is 0 Å². The molecule has 0 unspecified atom stereocenters. The minimum atomic E-state index is -3.22. The van der Waals surface area contributed by atoms with Crippen LogP contribution >= 0.6 is 0 Å². The van der Waals surface area contributed by atoms with Crippen LogP contribution in [-0.2, 0) is 22.3 Å². The first-order chi connectivity index (χ1) is 11.0. The summed E-state index contributed by atoms with van der Waals surface area (Å²) in [5, 5.41) is 6.74. The molecule has 1 fully saturated rings. The largest absolute Gasteiger partial charge is 0.354 e. The highest BCUT2D eigenvalue weighted by Crippen LogP contribution is 2.17. The smallest absolute Gasteiger partial charge is 0.215 e. The molecule has 1 aliphatic carbocycles. The van der Waals surface area contributed by atoms with Crippen LogP contribution in [0, 0.1) is 0 Å². The highest BCUT2D eigenvalue weighted by Gasteiger charge is 2.15. The zero-order valence-electron chi connectivity index (χ0n) is 13.8. The van der Waals surface area contributed by atoms with Crippen LogP contribution in [0.1, 0.15) is 36.8 Å². The van der Waals surface area contributed by atoms with Crippen LogP contribution in [0.4, 0.5) is 0 Å². The number of sulfonamides is 1. The number of guanidine groups is 1. The summed E-state index contributed by atoms with van der Waals surface area (Å²) in [5.41, 5.74) is 1.86. The lowest BCUT2D eigenvalue weighted by Crippen LogP contribution is -2.41. The zero-order valence-corrected chi connectivity index (χ0v) is 14.6. The summed E-state index contributed by atoms with van der Waals surface area (Å²) in [5.74, 6) is 0.820. The lowest BCUT2D eigenvalue weighted by Gasteiger charge is -2.17. The molecule has 0 heterocycles. The predicted molar refractivity (Wildman–Crippen MR) is 93.7 cm³/mol. The van der Waals surface area contributed by atoms with E-state index in [1.165, 1.54) is 32.7 Å². The van der Waals surface area contributed by atoms with Gasteiger partial charge in [-0.1, -0.05) is 37.1 Å². The lowest BCUT2D eigenvalue weighted by molar-refractivity contribution is 0.587. The quantitative estimate of drug-likeness (QED) is 0.540. The molecule has 3 N–H and O–H groups in total. The molecule has 0 aliphatic heterocycles. The molecule has 0 amide bonds. The summed E-state index contributed by atoms with van der Waals surface area (Å²) < 4.78 is 25.4. The molecule has 0 radical (unpaired) electrons. The van der Waals surface area contributed by atoms with Crippen molar-refractivity contribution in [1.29, 1.82) is 0 Å². The van der Waals surface area contributed by atoms with Gasteiger partial charge in [0.1, 0.15) is 0 Å². The number of hydrogen-bond acceptors (Lipinski definition) is 3. The monoisotopic (exact) mass is 338 g/mol. The predicted octanol–water partition coefficient (Wildman–Crippen LogP) is 1.34. The minimum Gasteiger partial charge on any atom is -0.354 e.